The fourth-order valence-corrected chi connectivity index (χ4v) is 3.24. The van der Waals surface area contributed by atoms with Gasteiger partial charge in [0, 0.05) is 17.1 Å². The summed E-state index contributed by atoms with van der Waals surface area (Å²) in [6, 6.07) is 5.50. The third-order valence-electron chi connectivity index (χ3n) is 3.54. The van der Waals surface area contributed by atoms with Crippen LogP contribution in [0, 0.1) is 0 Å². The summed E-state index contributed by atoms with van der Waals surface area (Å²) in [5.41, 5.74) is 6.93. The molecule has 0 radical (unpaired) electrons. The monoisotopic (exact) mass is 307 g/mol. The highest BCUT2D eigenvalue weighted by Gasteiger charge is 2.30. The second kappa shape index (κ2) is 6.05. The van der Waals surface area contributed by atoms with Gasteiger partial charge >= 0.3 is 0 Å². The van der Waals surface area contributed by atoms with Crippen LogP contribution >= 0.6 is 11.8 Å². The van der Waals surface area contributed by atoms with Crippen LogP contribution in [-0.4, -0.2) is 36.3 Å². The maximum Gasteiger partial charge on any atom is 0.253 e. The molecule has 3 rings (SSSR count). The first-order valence-corrected chi connectivity index (χ1v) is 7.87. The lowest BCUT2D eigenvalue weighted by Crippen LogP contribution is -2.29. The summed E-state index contributed by atoms with van der Waals surface area (Å²) < 4.78 is 5.56. The molecule has 2 aliphatic rings. The van der Waals surface area contributed by atoms with Crippen LogP contribution in [-0.2, 0) is 14.3 Å². The molecule has 2 heterocycles. The van der Waals surface area contributed by atoms with E-state index in [9.17, 15) is 9.59 Å². The van der Waals surface area contributed by atoms with E-state index in [-0.39, 0.29) is 17.9 Å². The number of carbonyl (C=O) groups excluding carboxylic acids is 2. The summed E-state index contributed by atoms with van der Waals surface area (Å²) in [5, 5.41) is 5.63. The minimum atomic E-state index is -0.446. The third kappa shape index (κ3) is 3.20. The van der Waals surface area contributed by atoms with E-state index in [0.717, 1.165) is 17.0 Å². The van der Waals surface area contributed by atoms with Gasteiger partial charge in [-0.05, 0) is 31.0 Å². The summed E-state index contributed by atoms with van der Waals surface area (Å²) in [4.78, 5) is 24.5. The molecule has 1 saturated heterocycles. The summed E-state index contributed by atoms with van der Waals surface area (Å²) in [7, 11) is 0. The van der Waals surface area contributed by atoms with Crippen molar-refractivity contribution < 1.29 is 14.3 Å². The molecule has 4 N–H and O–H groups in total. The molecule has 0 unspecified atom stereocenters. The van der Waals surface area contributed by atoms with Crippen LogP contribution < -0.4 is 16.4 Å². The summed E-state index contributed by atoms with van der Waals surface area (Å²) >= 11 is 1.49. The molecule has 1 aromatic carbocycles. The standard InChI is InChI=1S/C14H17N3O3S/c15-6-9-2-3-11(20-9)14(19)16-8-1-4-12-10(5-8)17-13(18)7-21-12/h1,4-5,9,11H,2-3,6-7,15H2,(H,16,19)(H,17,18)/t9-,11+/m1/s1. The van der Waals surface area contributed by atoms with Crippen LogP contribution in [0.15, 0.2) is 23.1 Å². The Morgan fingerprint density at radius 3 is 3.10 bits per heavy atom. The van der Waals surface area contributed by atoms with Crippen molar-refractivity contribution in [1.29, 1.82) is 0 Å². The molecule has 6 nitrogen and oxygen atoms in total. The van der Waals surface area contributed by atoms with E-state index >= 15 is 0 Å². The molecule has 0 aromatic heterocycles. The highest BCUT2D eigenvalue weighted by Crippen LogP contribution is 2.33. The fraction of sp³-hybridized carbons (Fsp3) is 0.429. The van der Waals surface area contributed by atoms with Crippen LogP contribution in [0.25, 0.3) is 0 Å². The number of hydrogen-bond donors (Lipinski definition) is 3. The number of thioether (sulfide) groups is 1. The topological polar surface area (TPSA) is 93.5 Å². The Kier molecular flexibility index (Phi) is 4.14. The first-order valence-electron chi connectivity index (χ1n) is 6.89. The van der Waals surface area contributed by atoms with E-state index in [1.54, 1.807) is 6.07 Å². The number of amides is 2. The first kappa shape index (κ1) is 14.4. The highest BCUT2D eigenvalue weighted by molar-refractivity contribution is 8.00. The number of benzene rings is 1. The highest BCUT2D eigenvalue weighted by atomic mass is 32.2. The van der Waals surface area contributed by atoms with Crippen molar-refractivity contribution in [3.63, 3.8) is 0 Å². The Balaban J connectivity index is 1.66. The smallest absolute Gasteiger partial charge is 0.253 e. The van der Waals surface area contributed by atoms with Crippen molar-refractivity contribution in [2.24, 2.45) is 5.73 Å². The van der Waals surface area contributed by atoms with Gasteiger partial charge in [-0.25, -0.2) is 0 Å². The predicted molar refractivity (Wildman–Crippen MR) is 81.4 cm³/mol. The molecule has 21 heavy (non-hydrogen) atoms. The fourth-order valence-electron chi connectivity index (χ4n) is 2.46. The summed E-state index contributed by atoms with van der Waals surface area (Å²) in [6.45, 7) is 0.436. The second-order valence-corrected chi connectivity index (χ2v) is 6.11. The molecule has 2 aliphatic heterocycles. The lowest BCUT2D eigenvalue weighted by molar-refractivity contribution is -0.126. The first-order chi connectivity index (χ1) is 10.2. The Labute approximate surface area is 126 Å². The maximum atomic E-state index is 12.1. The zero-order valence-corrected chi connectivity index (χ0v) is 12.2. The van der Waals surface area contributed by atoms with Crippen LogP contribution in [0.4, 0.5) is 11.4 Å². The van der Waals surface area contributed by atoms with Gasteiger partial charge in [-0.1, -0.05) is 0 Å². The van der Waals surface area contributed by atoms with E-state index in [2.05, 4.69) is 10.6 Å². The number of fused-ring (bicyclic) bond motifs is 1. The van der Waals surface area contributed by atoms with Crippen molar-refractivity contribution in [2.75, 3.05) is 22.9 Å². The van der Waals surface area contributed by atoms with Gasteiger partial charge in [0.2, 0.25) is 5.91 Å². The van der Waals surface area contributed by atoms with Gasteiger partial charge in [-0.2, -0.15) is 0 Å². The predicted octanol–water partition coefficient (Wildman–Crippen LogP) is 1.18. The lowest BCUT2D eigenvalue weighted by atomic mass is 10.2. The van der Waals surface area contributed by atoms with Gasteiger partial charge in [0.25, 0.3) is 5.91 Å². The van der Waals surface area contributed by atoms with Gasteiger partial charge in [0.05, 0.1) is 17.5 Å². The number of ether oxygens (including phenoxy) is 1. The van der Waals surface area contributed by atoms with Crippen molar-refractivity contribution in [3.05, 3.63) is 18.2 Å². The number of nitrogens with one attached hydrogen (secondary N) is 2. The van der Waals surface area contributed by atoms with E-state index in [4.69, 9.17) is 10.5 Å². The van der Waals surface area contributed by atoms with Gasteiger partial charge in [0.1, 0.15) is 6.10 Å². The van der Waals surface area contributed by atoms with Crippen LogP contribution in [0.3, 0.4) is 0 Å². The minimum Gasteiger partial charge on any atom is -0.364 e. The van der Waals surface area contributed by atoms with Crippen LogP contribution in [0.5, 0.6) is 0 Å². The third-order valence-corrected chi connectivity index (χ3v) is 4.62. The van der Waals surface area contributed by atoms with E-state index in [1.807, 2.05) is 12.1 Å². The Morgan fingerprint density at radius 2 is 2.33 bits per heavy atom. The number of carbonyl (C=O) groups is 2. The van der Waals surface area contributed by atoms with Gasteiger partial charge in [-0.15, -0.1) is 11.8 Å². The van der Waals surface area contributed by atoms with Crippen LogP contribution in [0.2, 0.25) is 0 Å². The Bertz CT molecular complexity index is 579. The van der Waals surface area contributed by atoms with Crippen molar-refractivity contribution in [2.45, 2.75) is 29.9 Å². The molecule has 7 heteroatoms. The van der Waals surface area contributed by atoms with Crippen LogP contribution in [0.1, 0.15) is 12.8 Å². The molecule has 2 atom stereocenters. The lowest BCUT2D eigenvalue weighted by Gasteiger charge is -2.18. The van der Waals surface area contributed by atoms with Gasteiger partial charge in [0.15, 0.2) is 0 Å². The Morgan fingerprint density at radius 1 is 1.48 bits per heavy atom. The molecule has 2 amide bonds. The number of nitrogens with two attached hydrogens (primary N) is 1. The normalized spacial score (nSPS) is 24.3. The number of hydrogen-bond acceptors (Lipinski definition) is 5. The average Bonchev–Trinajstić information content (AvgIpc) is 2.96. The van der Waals surface area contributed by atoms with Crippen molar-refractivity contribution in [1.82, 2.24) is 0 Å². The molecule has 0 saturated carbocycles. The average molecular weight is 307 g/mol. The number of rotatable bonds is 3. The summed E-state index contributed by atoms with van der Waals surface area (Å²) in [5.74, 6) is 0.233. The van der Waals surface area contributed by atoms with E-state index in [1.165, 1.54) is 11.8 Å². The quantitative estimate of drug-likeness (QED) is 0.779. The zero-order valence-electron chi connectivity index (χ0n) is 11.4. The largest absolute Gasteiger partial charge is 0.364 e. The van der Waals surface area contributed by atoms with E-state index in [0.29, 0.717) is 24.4 Å². The summed E-state index contributed by atoms with van der Waals surface area (Å²) in [6.07, 6.45) is 1.02. The maximum absolute atomic E-state index is 12.1. The van der Waals surface area contributed by atoms with Gasteiger partial charge < -0.3 is 21.1 Å². The minimum absolute atomic E-state index is 0.0270. The molecule has 0 aliphatic carbocycles. The molecular formula is C14H17N3O3S. The van der Waals surface area contributed by atoms with E-state index < -0.39 is 6.10 Å². The second-order valence-electron chi connectivity index (χ2n) is 5.10. The number of anilines is 2. The SMILES string of the molecule is NC[C@H]1CC[C@@H](C(=O)Nc2ccc3c(c2)NC(=O)CS3)O1. The zero-order chi connectivity index (χ0) is 14.8. The molecular weight excluding hydrogens is 290 g/mol. The van der Waals surface area contributed by atoms with Crippen molar-refractivity contribution >= 4 is 35.0 Å². The Hall–Kier alpha value is -1.57. The molecule has 1 fully saturated rings. The molecule has 0 bridgehead atoms. The molecule has 0 spiro atoms. The molecule has 1 aromatic rings. The van der Waals surface area contributed by atoms with Gasteiger partial charge in [-0.3, -0.25) is 9.59 Å². The van der Waals surface area contributed by atoms with Crippen molar-refractivity contribution in [3.8, 4) is 0 Å². The molecule has 112 valence electrons.